The van der Waals surface area contributed by atoms with Gasteiger partial charge in [-0.25, -0.2) is 0 Å². The molecule has 0 bridgehead atoms. The van der Waals surface area contributed by atoms with Crippen LogP contribution in [0.4, 0.5) is 0 Å². The minimum Gasteiger partial charge on any atom is -0.497 e. The van der Waals surface area contributed by atoms with Gasteiger partial charge in [-0.2, -0.15) is 0 Å². The summed E-state index contributed by atoms with van der Waals surface area (Å²) in [7, 11) is 1.70. The van der Waals surface area contributed by atoms with Crippen LogP contribution in [0.15, 0.2) is 71.3 Å². The van der Waals surface area contributed by atoms with Gasteiger partial charge in [0.15, 0.2) is 5.11 Å². The van der Waals surface area contributed by atoms with E-state index in [0.29, 0.717) is 6.54 Å². The molecule has 0 unspecified atom stereocenters. The van der Waals surface area contributed by atoms with E-state index in [2.05, 4.69) is 58.5 Å². The Hall–Kier alpha value is -3.25. The molecule has 0 saturated heterocycles. The number of H-pyrrole nitrogens is 1. The fourth-order valence-corrected chi connectivity index (χ4v) is 4.23. The van der Waals surface area contributed by atoms with E-state index in [0.717, 1.165) is 48.1 Å². The van der Waals surface area contributed by atoms with E-state index >= 15 is 0 Å². The lowest BCUT2D eigenvalue weighted by atomic mass is 10.1. The first-order chi connectivity index (χ1) is 15.6. The minimum absolute atomic E-state index is 0.634. The zero-order valence-electron chi connectivity index (χ0n) is 18.6. The maximum Gasteiger partial charge on any atom is 0.169 e. The van der Waals surface area contributed by atoms with Crippen molar-refractivity contribution in [2.75, 3.05) is 20.2 Å². The second-order valence-corrected chi connectivity index (χ2v) is 8.25. The largest absolute Gasteiger partial charge is 0.497 e. The lowest BCUT2D eigenvalue weighted by molar-refractivity contribution is 0.360. The number of aromatic amines is 1. The van der Waals surface area contributed by atoms with Crippen LogP contribution in [0.3, 0.4) is 0 Å². The molecular weight excluding hydrogens is 418 g/mol. The number of methoxy groups -OCH3 is 1. The molecule has 6 heteroatoms. The van der Waals surface area contributed by atoms with Gasteiger partial charge in [-0.1, -0.05) is 30.3 Å². The van der Waals surface area contributed by atoms with E-state index in [1.54, 1.807) is 13.4 Å². The zero-order chi connectivity index (χ0) is 22.3. The van der Waals surface area contributed by atoms with Gasteiger partial charge >= 0.3 is 0 Å². The number of rotatable bonds is 9. The van der Waals surface area contributed by atoms with Crippen molar-refractivity contribution in [3.8, 4) is 5.75 Å². The molecule has 4 rings (SSSR count). The van der Waals surface area contributed by atoms with Gasteiger partial charge in [0.2, 0.25) is 0 Å². The van der Waals surface area contributed by atoms with Crippen molar-refractivity contribution in [2.45, 2.75) is 26.3 Å². The molecule has 0 aliphatic rings. The highest BCUT2D eigenvalue weighted by molar-refractivity contribution is 7.80. The molecule has 2 heterocycles. The molecule has 0 aliphatic carbocycles. The summed E-state index contributed by atoms with van der Waals surface area (Å²) < 4.78 is 11.0. The monoisotopic (exact) mass is 447 g/mol. The van der Waals surface area contributed by atoms with E-state index in [4.69, 9.17) is 21.4 Å². The summed E-state index contributed by atoms with van der Waals surface area (Å²) in [5.74, 6) is 1.76. The zero-order valence-corrected chi connectivity index (χ0v) is 19.4. The molecule has 4 aromatic rings. The van der Waals surface area contributed by atoms with Gasteiger partial charge in [0.1, 0.15) is 11.5 Å². The number of aromatic nitrogens is 1. The minimum atomic E-state index is 0.634. The number of nitrogens with zero attached hydrogens (tertiary/aromatic N) is 1. The summed E-state index contributed by atoms with van der Waals surface area (Å²) in [6.45, 7) is 4.33. The number of ether oxygens (including phenoxy) is 1. The summed E-state index contributed by atoms with van der Waals surface area (Å²) in [6.07, 6.45) is 3.49. The molecule has 32 heavy (non-hydrogen) atoms. The number of nitrogens with one attached hydrogen (secondary N) is 2. The number of benzene rings is 2. The first-order valence-electron chi connectivity index (χ1n) is 10.9. The number of fused-ring (bicyclic) bond motifs is 1. The van der Waals surface area contributed by atoms with Gasteiger partial charge in [-0.05, 0) is 73.4 Å². The predicted octanol–water partition coefficient (Wildman–Crippen LogP) is 5.24. The number of thiocarbonyl (C=S) groups is 1. The lowest BCUT2D eigenvalue weighted by Gasteiger charge is -2.25. The Morgan fingerprint density at radius 3 is 2.69 bits per heavy atom. The highest BCUT2D eigenvalue weighted by Gasteiger charge is 2.15. The van der Waals surface area contributed by atoms with Crippen LogP contribution in [0.2, 0.25) is 0 Å². The molecule has 0 spiro atoms. The Morgan fingerprint density at radius 1 is 1.09 bits per heavy atom. The van der Waals surface area contributed by atoms with Crippen LogP contribution in [-0.4, -0.2) is 35.2 Å². The first kappa shape index (κ1) is 22.0. The number of furan rings is 1. The molecule has 0 atom stereocenters. The highest BCUT2D eigenvalue weighted by Crippen LogP contribution is 2.27. The second-order valence-electron chi connectivity index (χ2n) is 7.86. The van der Waals surface area contributed by atoms with Crippen molar-refractivity contribution in [2.24, 2.45) is 0 Å². The molecule has 0 fully saturated rings. The average Bonchev–Trinajstić information content (AvgIpc) is 3.43. The van der Waals surface area contributed by atoms with Crippen LogP contribution in [0.1, 0.15) is 22.6 Å². The van der Waals surface area contributed by atoms with Crippen molar-refractivity contribution in [3.63, 3.8) is 0 Å². The van der Waals surface area contributed by atoms with Gasteiger partial charge in [-0.15, -0.1) is 0 Å². The third kappa shape index (κ3) is 5.32. The topological polar surface area (TPSA) is 53.4 Å². The van der Waals surface area contributed by atoms with Crippen LogP contribution in [-0.2, 0) is 19.4 Å². The van der Waals surface area contributed by atoms with E-state index in [-0.39, 0.29) is 0 Å². The molecule has 166 valence electrons. The SMILES string of the molecule is COc1ccc2[nH]c(C)c(CCN(Cc3ccco3)C(=S)NCCc3ccccc3)c2c1. The van der Waals surface area contributed by atoms with Crippen molar-refractivity contribution < 1.29 is 9.15 Å². The Balaban J connectivity index is 1.45. The summed E-state index contributed by atoms with van der Waals surface area (Å²) in [6, 6.07) is 20.5. The lowest BCUT2D eigenvalue weighted by Crippen LogP contribution is -2.41. The van der Waals surface area contributed by atoms with E-state index in [9.17, 15) is 0 Å². The van der Waals surface area contributed by atoms with E-state index in [1.807, 2.05) is 24.3 Å². The van der Waals surface area contributed by atoms with Gasteiger partial charge < -0.3 is 24.4 Å². The molecule has 2 aromatic carbocycles. The van der Waals surface area contributed by atoms with Crippen molar-refractivity contribution in [3.05, 3.63) is 89.5 Å². The fraction of sp³-hybridized carbons (Fsp3) is 0.269. The maximum absolute atomic E-state index is 5.77. The molecule has 0 amide bonds. The van der Waals surface area contributed by atoms with Crippen LogP contribution in [0.5, 0.6) is 5.75 Å². The van der Waals surface area contributed by atoms with Crippen molar-refractivity contribution in [1.29, 1.82) is 0 Å². The Morgan fingerprint density at radius 2 is 1.94 bits per heavy atom. The Kier molecular flexibility index (Phi) is 7.12. The molecule has 2 N–H and O–H groups in total. The number of aryl methyl sites for hydroxylation is 1. The quantitative estimate of drug-likeness (QED) is 0.344. The molecular formula is C26H29N3O2S. The van der Waals surface area contributed by atoms with Crippen molar-refractivity contribution >= 4 is 28.2 Å². The Bertz CT molecular complexity index is 1150. The summed E-state index contributed by atoms with van der Waals surface area (Å²) in [5, 5.41) is 5.37. The van der Waals surface area contributed by atoms with Crippen molar-refractivity contribution in [1.82, 2.24) is 15.2 Å². The van der Waals surface area contributed by atoms with Crippen LogP contribution < -0.4 is 10.1 Å². The number of hydrogen-bond acceptors (Lipinski definition) is 3. The van der Waals surface area contributed by atoms with Gasteiger partial charge in [0, 0.05) is 29.7 Å². The standard InChI is InChI=1S/C26H29N3O2S/c1-19-23(24-17-21(30-2)10-11-25(24)28-19)13-15-29(18-22-9-6-16-31-22)26(32)27-14-12-20-7-4-3-5-8-20/h3-11,16-17,28H,12-15,18H2,1-2H3,(H,27,32). The molecule has 5 nitrogen and oxygen atoms in total. The molecule has 0 aliphatic heterocycles. The van der Waals surface area contributed by atoms with Gasteiger partial charge in [0.25, 0.3) is 0 Å². The van der Waals surface area contributed by atoms with E-state index < -0.39 is 0 Å². The smallest absolute Gasteiger partial charge is 0.169 e. The normalized spacial score (nSPS) is 10.9. The first-order valence-corrected chi connectivity index (χ1v) is 11.3. The Labute approximate surface area is 194 Å². The fourth-order valence-electron chi connectivity index (χ4n) is 3.97. The maximum atomic E-state index is 5.77. The highest BCUT2D eigenvalue weighted by atomic mass is 32.1. The average molecular weight is 448 g/mol. The number of hydrogen-bond donors (Lipinski definition) is 2. The predicted molar refractivity (Wildman–Crippen MR) is 133 cm³/mol. The molecule has 0 saturated carbocycles. The second kappa shape index (κ2) is 10.4. The molecule has 2 aromatic heterocycles. The summed E-state index contributed by atoms with van der Waals surface area (Å²) >= 11 is 5.77. The summed E-state index contributed by atoms with van der Waals surface area (Å²) in [4.78, 5) is 5.67. The summed E-state index contributed by atoms with van der Waals surface area (Å²) in [5.41, 5.74) is 4.88. The van der Waals surface area contributed by atoms with Gasteiger partial charge in [0.05, 0.1) is 19.9 Å². The van der Waals surface area contributed by atoms with Crippen LogP contribution in [0.25, 0.3) is 10.9 Å². The van der Waals surface area contributed by atoms with Gasteiger partial charge in [-0.3, -0.25) is 0 Å². The van der Waals surface area contributed by atoms with Crippen LogP contribution in [0, 0.1) is 6.92 Å². The van der Waals surface area contributed by atoms with E-state index in [1.165, 1.54) is 22.2 Å². The third-order valence-electron chi connectivity index (χ3n) is 5.71. The third-order valence-corrected chi connectivity index (χ3v) is 6.11. The van der Waals surface area contributed by atoms with Crippen LogP contribution >= 0.6 is 12.2 Å². The molecule has 0 radical (unpaired) electrons.